The molecule has 1 aromatic carbocycles. The van der Waals surface area contributed by atoms with E-state index in [0.717, 1.165) is 0 Å². The van der Waals surface area contributed by atoms with Gasteiger partial charge >= 0.3 is 5.97 Å². The Morgan fingerprint density at radius 2 is 1.72 bits per heavy atom. The highest BCUT2D eigenvalue weighted by atomic mass is 16.5. The number of nitrogens with zero attached hydrogens (tertiary/aromatic N) is 2. The van der Waals surface area contributed by atoms with Gasteiger partial charge in [0.05, 0.1) is 6.10 Å². The topological polar surface area (TPSA) is 87.2 Å². The first-order valence-corrected chi connectivity index (χ1v) is 8.38. The van der Waals surface area contributed by atoms with Gasteiger partial charge in [-0.15, -0.1) is 0 Å². The second kappa shape index (κ2) is 8.11. The average molecular weight is 348 g/mol. The van der Waals surface area contributed by atoms with Crippen LogP contribution in [-0.2, 0) is 9.53 Å². The highest BCUT2D eigenvalue weighted by Crippen LogP contribution is 2.23. The van der Waals surface area contributed by atoms with Gasteiger partial charge in [-0.05, 0) is 38.1 Å². The van der Waals surface area contributed by atoms with Gasteiger partial charge in [-0.25, -0.2) is 4.79 Å². The summed E-state index contributed by atoms with van der Waals surface area (Å²) in [5, 5.41) is 9.33. The molecule has 0 aliphatic carbocycles. The van der Waals surface area contributed by atoms with Crippen molar-refractivity contribution in [1.29, 1.82) is 0 Å². The Labute approximate surface area is 147 Å². The van der Waals surface area contributed by atoms with Gasteiger partial charge in [-0.3, -0.25) is 9.59 Å². The minimum absolute atomic E-state index is 0.0898. The first-order valence-electron chi connectivity index (χ1n) is 8.38. The molecule has 7 heteroatoms. The normalized spacial score (nSPS) is 19.7. The van der Waals surface area contributed by atoms with Crippen LogP contribution in [0.4, 0.5) is 0 Å². The number of amides is 2. The quantitative estimate of drug-likeness (QED) is 0.841. The maximum Gasteiger partial charge on any atom is 0.326 e. The molecule has 1 saturated heterocycles. The van der Waals surface area contributed by atoms with E-state index >= 15 is 0 Å². The van der Waals surface area contributed by atoms with Gasteiger partial charge in [-0.1, -0.05) is 0 Å². The number of methoxy groups -OCH3 is 1. The zero-order valence-corrected chi connectivity index (χ0v) is 14.8. The number of hydrogen-bond donors (Lipinski definition) is 1. The SMILES string of the molecule is CCN(CC)C(=O)c1ccc(C(=O)N2CC(OC)CC2C(=O)O)cc1. The van der Waals surface area contributed by atoms with Crippen LogP contribution in [0.2, 0.25) is 0 Å². The number of aliphatic carboxylic acids is 1. The number of likely N-dealkylation sites (tertiary alicyclic amines) is 1. The molecule has 2 amide bonds. The third-order valence-electron chi connectivity index (χ3n) is 4.57. The van der Waals surface area contributed by atoms with Crippen LogP contribution in [0.15, 0.2) is 24.3 Å². The van der Waals surface area contributed by atoms with E-state index in [4.69, 9.17) is 4.74 Å². The summed E-state index contributed by atoms with van der Waals surface area (Å²) in [6.45, 7) is 5.28. The zero-order chi connectivity index (χ0) is 18.6. The van der Waals surface area contributed by atoms with Crippen molar-refractivity contribution in [3.8, 4) is 0 Å². The van der Waals surface area contributed by atoms with Gasteiger partial charge in [0.1, 0.15) is 6.04 Å². The van der Waals surface area contributed by atoms with Crippen molar-refractivity contribution >= 4 is 17.8 Å². The largest absolute Gasteiger partial charge is 0.480 e. The van der Waals surface area contributed by atoms with Gasteiger partial charge < -0.3 is 19.6 Å². The molecule has 1 aromatic rings. The van der Waals surface area contributed by atoms with Crippen molar-refractivity contribution in [2.24, 2.45) is 0 Å². The van der Waals surface area contributed by atoms with E-state index in [9.17, 15) is 19.5 Å². The van der Waals surface area contributed by atoms with Crippen molar-refractivity contribution in [2.45, 2.75) is 32.4 Å². The van der Waals surface area contributed by atoms with E-state index in [0.29, 0.717) is 24.2 Å². The van der Waals surface area contributed by atoms with Gasteiger partial charge in [0, 0.05) is 44.3 Å². The molecule has 0 bridgehead atoms. The molecular weight excluding hydrogens is 324 g/mol. The lowest BCUT2D eigenvalue weighted by molar-refractivity contribution is -0.141. The Hall–Kier alpha value is -2.41. The lowest BCUT2D eigenvalue weighted by Crippen LogP contribution is -2.40. The van der Waals surface area contributed by atoms with Crippen molar-refractivity contribution < 1.29 is 24.2 Å². The standard InChI is InChI=1S/C18H24N2O5/c1-4-19(5-2)16(21)12-6-8-13(9-7-12)17(22)20-11-14(25-3)10-15(20)18(23)24/h6-9,14-15H,4-5,10-11H2,1-3H3,(H,23,24). The first-order chi connectivity index (χ1) is 11.9. The molecule has 7 nitrogen and oxygen atoms in total. The summed E-state index contributed by atoms with van der Waals surface area (Å²) < 4.78 is 5.20. The molecule has 0 aromatic heterocycles. The molecule has 1 fully saturated rings. The average Bonchev–Trinajstić information content (AvgIpc) is 3.07. The second-order valence-corrected chi connectivity index (χ2v) is 5.96. The van der Waals surface area contributed by atoms with Crippen molar-refractivity contribution in [1.82, 2.24) is 9.80 Å². The zero-order valence-electron chi connectivity index (χ0n) is 14.8. The Balaban J connectivity index is 2.17. The highest BCUT2D eigenvalue weighted by Gasteiger charge is 2.40. The molecule has 1 heterocycles. The van der Waals surface area contributed by atoms with Crippen molar-refractivity contribution in [3.63, 3.8) is 0 Å². The number of carbonyl (C=O) groups is 3. The summed E-state index contributed by atoms with van der Waals surface area (Å²) in [5.41, 5.74) is 0.866. The number of rotatable bonds is 6. The van der Waals surface area contributed by atoms with Gasteiger partial charge in [0.25, 0.3) is 11.8 Å². The van der Waals surface area contributed by atoms with E-state index in [1.807, 2.05) is 13.8 Å². The third-order valence-corrected chi connectivity index (χ3v) is 4.57. The third kappa shape index (κ3) is 3.99. The molecule has 1 aliphatic rings. The summed E-state index contributed by atoms with van der Waals surface area (Å²) in [7, 11) is 1.51. The van der Waals surface area contributed by atoms with Crippen molar-refractivity contribution in [2.75, 3.05) is 26.7 Å². The van der Waals surface area contributed by atoms with Gasteiger partial charge in [-0.2, -0.15) is 0 Å². The van der Waals surface area contributed by atoms with E-state index in [-0.39, 0.29) is 30.9 Å². The molecule has 25 heavy (non-hydrogen) atoms. The highest BCUT2D eigenvalue weighted by molar-refractivity contribution is 5.99. The number of carboxylic acids is 1. The molecule has 2 unspecified atom stereocenters. The minimum atomic E-state index is -1.04. The van der Waals surface area contributed by atoms with Gasteiger partial charge in [0.15, 0.2) is 0 Å². The molecular formula is C18H24N2O5. The van der Waals surface area contributed by atoms with Crippen LogP contribution in [-0.4, -0.2) is 71.6 Å². The van der Waals surface area contributed by atoms with Crippen LogP contribution in [0.3, 0.4) is 0 Å². The van der Waals surface area contributed by atoms with E-state index in [1.165, 1.54) is 12.0 Å². The van der Waals surface area contributed by atoms with Gasteiger partial charge in [0.2, 0.25) is 0 Å². The minimum Gasteiger partial charge on any atom is -0.480 e. The number of carbonyl (C=O) groups excluding carboxylic acids is 2. The fourth-order valence-corrected chi connectivity index (χ4v) is 3.04. The molecule has 0 saturated carbocycles. The van der Waals surface area contributed by atoms with Crippen LogP contribution in [0.1, 0.15) is 41.0 Å². The monoisotopic (exact) mass is 348 g/mol. The fourth-order valence-electron chi connectivity index (χ4n) is 3.04. The molecule has 2 rings (SSSR count). The van der Waals surface area contributed by atoms with Crippen LogP contribution < -0.4 is 0 Å². The predicted octanol–water partition coefficient (Wildman–Crippen LogP) is 1.48. The Morgan fingerprint density at radius 1 is 1.16 bits per heavy atom. The number of carboxylic acid groups (broad SMARTS) is 1. The summed E-state index contributed by atoms with van der Waals surface area (Å²) in [4.78, 5) is 39.4. The Bertz CT molecular complexity index is 639. The summed E-state index contributed by atoms with van der Waals surface area (Å²) >= 11 is 0. The Kier molecular flexibility index (Phi) is 6.14. The van der Waals surface area contributed by atoms with Crippen LogP contribution in [0.5, 0.6) is 0 Å². The Morgan fingerprint density at radius 3 is 2.20 bits per heavy atom. The fraction of sp³-hybridized carbons (Fsp3) is 0.500. The summed E-state index contributed by atoms with van der Waals surface area (Å²) in [5.74, 6) is -1.50. The van der Waals surface area contributed by atoms with Crippen LogP contribution in [0.25, 0.3) is 0 Å². The molecule has 1 aliphatic heterocycles. The molecule has 0 radical (unpaired) electrons. The van der Waals surface area contributed by atoms with E-state index < -0.39 is 12.0 Å². The maximum absolute atomic E-state index is 12.7. The van der Waals surface area contributed by atoms with E-state index in [1.54, 1.807) is 29.2 Å². The van der Waals surface area contributed by atoms with Crippen LogP contribution in [0, 0.1) is 0 Å². The number of hydrogen-bond acceptors (Lipinski definition) is 4. The molecule has 136 valence electrons. The summed E-state index contributed by atoms with van der Waals surface area (Å²) in [6.07, 6.45) is -0.00982. The predicted molar refractivity (Wildman–Crippen MR) is 91.6 cm³/mol. The van der Waals surface area contributed by atoms with E-state index in [2.05, 4.69) is 0 Å². The molecule has 2 atom stereocenters. The molecule has 1 N–H and O–H groups in total. The summed E-state index contributed by atoms with van der Waals surface area (Å²) in [6, 6.07) is 5.45. The first kappa shape index (κ1) is 18.9. The van der Waals surface area contributed by atoms with Crippen molar-refractivity contribution in [3.05, 3.63) is 35.4 Å². The second-order valence-electron chi connectivity index (χ2n) is 5.96. The smallest absolute Gasteiger partial charge is 0.326 e. The number of benzene rings is 1. The lowest BCUT2D eigenvalue weighted by Gasteiger charge is -2.22. The molecule has 0 spiro atoms. The maximum atomic E-state index is 12.7. The van der Waals surface area contributed by atoms with Crippen LogP contribution >= 0.6 is 0 Å². The lowest BCUT2D eigenvalue weighted by atomic mass is 10.1. The number of ether oxygens (including phenoxy) is 1.